The van der Waals surface area contributed by atoms with Gasteiger partial charge in [0.1, 0.15) is 0 Å². The van der Waals surface area contributed by atoms with Crippen molar-refractivity contribution in [3.05, 3.63) is 47.0 Å². The van der Waals surface area contributed by atoms with Crippen molar-refractivity contribution < 1.29 is 31.1 Å². The number of alkyl halides is 6. The second-order valence-corrected chi connectivity index (χ2v) is 7.35. The van der Waals surface area contributed by atoms with Crippen LogP contribution in [-0.2, 0) is 23.7 Å². The van der Waals surface area contributed by atoms with Gasteiger partial charge in [0.05, 0.1) is 17.0 Å². The molecule has 0 spiro atoms. The standard InChI is InChI=1S/C20H24F6N2O/c1-4-12(2)28(3)17-6-5-14(9-17)18(29)27-11-13-7-15(19(21,22)23)10-16(8-13)20(24,25)26/h5-8,10,12,14,17H,4,9,11H2,1-3H3,(H,27,29)/t12?,14-,17?/m0/s1. The smallest absolute Gasteiger partial charge is 0.352 e. The van der Waals surface area contributed by atoms with Crippen molar-refractivity contribution >= 4 is 5.91 Å². The Bertz CT molecular complexity index is 724. The molecule has 1 aromatic rings. The fraction of sp³-hybridized carbons (Fsp3) is 0.550. The summed E-state index contributed by atoms with van der Waals surface area (Å²) in [5.41, 5.74) is -3.05. The largest absolute Gasteiger partial charge is 0.416 e. The van der Waals surface area contributed by atoms with Gasteiger partial charge in [-0.15, -0.1) is 0 Å². The van der Waals surface area contributed by atoms with E-state index in [-0.39, 0.29) is 17.7 Å². The lowest BCUT2D eigenvalue weighted by atomic mass is 10.0. The number of carbonyl (C=O) groups excluding carboxylic acids is 1. The molecule has 0 saturated heterocycles. The molecule has 3 atom stereocenters. The van der Waals surface area contributed by atoms with Crippen LogP contribution in [0.3, 0.4) is 0 Å². The Balaban J connectivity index is 2.06. The van der Waals surface area contributed by atoms with E-state index in [0.29, 0.717) is 24.6 Å². The van der Waals surface area contributed by atoms with Crippen LogP contribution in [0.1, 0.15) is 43.4 Å². The SMILES string of the molecule is CCC(C)N(C)C1C=C[C@H](C(=O)NCc2cc(C(F)(F)F)cc(C(F)(F)F)c2)C1. The lowest BCUT2D eigenvalue weighted by Gasteiger charge is -2.29. The van der Waals surface area contributed by atoms with Gasteiger partial charge < -0.3 is 5.32 Å². The van der Waals surface area contributed by atoms with E-state index in [1.807, 2.05) is 20.0 Å². The molecule has 3 nitrogen and oxygen atoms in total. The van der Waals surface area contributed by atoms with Crippen LogP contribution in [0, 0.1) is 5.92 Å². The number of carbonyl (C=O) groups is 1. The fourth-order valence-corrected chi connectivity index (χ4v) is 3.23. The summed E-state index contributed by atoms with van der Waals surface area (Å²) < 4.78 is 77.6. The van der Waals surface area contributed by atoms with Crippen molar-refractivity contribution in [3.63, 3.8) is 0 Å². The van der Waals surface area contributed by atoms with Crippen LogP contribution < -0.4 is 5.32 Å². The molecular formula is C20H24F6N2O. The summed E-state index contributed by atoms with van der Waals surface area (Å²) in [6.45, 7) is 3.70. The van der Waals surface area contributed by atoms with Crippen molar-refractivity contribution in [1.29, 1.82) is 0 Å². The van der Waals surface area contributed by atoms with Crippen LogP contribution in [0.2, 0.25) is 0 Å². The molecule has 2 rings (SSSR count). The van der Waals surface area contributed by atoms with E-state index in [2.05, 4.69) is 17.1 Å². The van der Waals surface area contributed by atoms with Gasteiger partial charge in [-0.3, -0.25) is 9.69 Å². The summed E-state index contributed by atoms with van der Waals surface area (Å²) in [6, 6.07) is 1.70. The van der Waals surface area contributed by atoms with Gasteiger partial charge in [0.15, 0.2) is 0 Å². The van der Waals surface area contributed by atoms with E-state index in [9.17, 15) is 31.1 Å². The van der Waals surface area contributed by atoms with Crippen LogP contribution in [0.5, 0.6) is 0 Å². The fourth-order valence-electron chi connectivity index (χ4n) is 3.23. The highest BCUT2D eigenvalue weighted by molar-refractivity contribution is 5.81. The molecular weight excluding hydrogens is 398 g/mol. The molecule has 29 heavy (non-hydrogen) atoms. The monoisotopic (exact) mass is 422 g/mol. The Morgan fingerprint density at radius 3 is 2.14 bits per heavy atom. The van der Waals surface area contributed by atoms with Crippen molar-refractivity contribution in [2.45, 2.75) is 57.7 Å². The van der Waals surface area contributed by atoms with Crippen LogP contribution in [-0.4, -0.2) is 29.9 Å². The van der Waals surface area contributed by atoms with Gasteiger partial charge in [0.2, 0.25) is 5.91 Å². The molecule has 1 amide bonds. The topological polar surface area (TPSA) is 32.3 Å². The lowest BCUT2D eigenvalue weighted by molar-refractivity contribution is -0.143. The highest BCUT2D eigenvalue weighted by Crippen LogP contribution is 2.36. The highest BCUT2D eigenvalue weighted by atomic mass is 19.4. The number of benzene rings is 1. The zero-order valence-corrected chi connectivity index (χ0v) is 16.4. The maximum absolute atomic E-state index is 12.9. The molecule has 0 fully saturated rings. The number of nitrogens with one attached hydrogen (secondary N) is 1. The summed E-state index contributed by atoms with van der Waals surface area (Å²) in [5.74, 6) is -0.897. The Kier molecular flexibility index (Phi) is 7.03. The Morgan fingerprint density at radius 1 is 1.10 bits per heavy atom. The van der Waals surface area contributed by atoms with E-state index in [1.54, 1.807) is 6.08 Å². The lowest BCUT2D eigenvalue weighted by Crippen LogP contribution is -2.38. The maximum atomic E-state index is 12.9. The molecule has 9 heteroatoms. The van der Waals surface area contributed by atoms with Gasteiger partial charge in [0, 0.05) is 18.6 Å². The number of amides is 1. The third kappa shape index (κ3) is 5.98. The van der Waals surface area contributed by atoms with Gasteiger partial charge in [-0.25, -0.2) is 0 Å². The number of nitrogens with zero attached hydrogens (tertiary/aromatic N) is 1. The van der Waals surface area contributed by atoms with E-state index in [4.69, 9.17) is 0 Å². The van der Waals surface area contributed by atoms with Gasteiger partial charge in [-0.1, -0.05) is 19.1 Å². The summed E-state index contributed by atoms with van der Waals surface area (Å²) in [5, 5.41) is 2.46. The van der Waals surface area contributed by atoms with Gasteiger partial charge in [0.25, 0.3) is 0 Å². The molecule has 1 N–H and O–H groups in total. The molecule has 0 saturated carbocycles. The second kappa shape index (κ2) is 8.77. The van der Waals surface area contributed by atoms with Crippen LogP contribution in [0.4, 0.5) is 26.3 Å². The average Bonchev–Trinajstić information content (AvgIpc) is 3.13. The average molecular weight is 422 g/mol. The van der Waals surface area contributed by atoms with Crippen molar-refractivity contribution in [1.82, 2.24) is 10.2 Å². The minimum Gasteiger partial charge on any atom is -0.352 e. The third-order valence-electron chi connectivity index (χ3n) is 5.32. The van der Waals surface area contributed by atoms with Crippen molar-refractivity contribution in [2.75, 3.05) is 7.05 Å². The normalized spacial score (nSPS) is 20.9. The van der Waals surface area contributed by atoms with Crippen LogP contribution >= 0.6 is 0 Å². The summed E-state index contributed by atoms with van der Waals surface area (Å²) in [6.07, 6.45) is -4.74. The molecule has 0 heterocycles. The second-order valence-electron chi connectivity index (χ2n) is 7.35. The first-order valence-corrected chi connectivity index (χ1v) is 9.29. The Morgan fingerprint density at radius 2 is 1.66 bits per heavy atom. The predicted octanol–water partition coefficient (Wildman–Crippen LogP) is 5.02. The van der Waals surface area contributed by atoms with E-state index in [1.165, 1.54) is 0 Å². The number of hydrogen-bond donors (Lipinski definition) is 1. The van der Waals surface area contributed by atoms with Crippen LogP contribution in [0.25, 0.3) is 0 Å². The van der Waals surface area contributed by atoms with Gasteiger partial charge in [-0.2, -0.15) is 26.3 Å². The van der Waals surface area contributed by atoms with E-state index < -0.39 is 41.8 Å². The molecule has 1 aliphatic carbocycles. The molecule has 162 valence electrons. The molecule has 0 bridgehead atoms. The maximum Gasteiger partial charge on any atom is 0.416 e. The molecule has 0 aliphatic heterocycles. The number of rotatable bonds is 6. The van der Waals surface area contributed by atoms with Crippen molar-refractivity contribution in [3.8, 4) is 0 Å². The quantitative estimate of drug-likeness (QED) is 0.516. The number of hydrogen-bond acceptors (Lipinski definition) is 2. The molecule has 0 aromatic heterocycles. The Labute approximate surface area is 165 Å². The first-order valence-electron chi connectivity index (χ1n) is 9.29. The van der Waals surface area contributed by atoms with Gasteiger partial charge in [-0.05, 0) is 50.6 Å². The van der Waals surface area contributed by atoms with Crippen molar-refractivity contribution in [2.24, 2.45) is 5.92 Å². The minimum absolute atomic E-state index is 0.0612. The highest BCUT2D eigenvalue weighted by Gasteiger charge is 2.37. The number of halogens is 6. The minimum atomic E-state index is -4.91. The predicted molar refractivity (Wildman–Crippen MR) is 96.8 cm³/mol. The van der Waals surface area contributed by atoms with Crippen LogP contribution in [0.15, 0.2) is 30.4 Å². The first kappa shape index (κ1) is 23.3. The number of likely N-dealkylation sites (N-methyl/N-ethyl adjacent to an activating group) is 1. The third-order valence-corrected chi connectivity index (χ3v) is 5.32. The summed E-state index contributed by atoms with van der Waals surface area (Å²) in [4.78, 5) is 14.5. The zero-order valence-electron chi connectivity index (χ0n) is 16.4. The first-order chi connectivity index (χ1) is 13.3. The molecule has 2 unspecified atom stereocenters. The molecule has 0 radical (unpaired) electrons. The van der Waals surface area contributed by atoms with E-state index in [0.717, 1.165) is 6.42 Å². The summed E-state index contributed by atoms with van der Waals surface area (Å²) in [7, 11) is 1.95. The Hall–Kier alpha value is -2.03. The van der Waals surface area contributed by atoms with E-state index >= 15 is 0 Å². The summed E-state index contributed by atoms with van der Waals surface area (Å²) >= 11 is 0. The molecule has 1 aromatic carbocycles. The van der Waals surface area contributed by atoms with Gasteiger partial charge >= 0.3 is 12.4 Å². The zero-order chi connectivity index (χ0) is 22.0. The molecule has 1 aliphatic rings.